The van der Waals surface area contributed by atoms with Crippen molar-refractivity contribution in [3.8, 4) is 5.75 Å². The number of nitrogens with zero attached hydrogens (tertiary/aromatic N) is 1. The zero-order valence-corrected chi connectivity index (χ0v) is 15.3. The fourth-order valence-electron chi connectivity index (χ4n) is 2.06. The Morgan fingerprint density at radius 3 is 2.48 bits per heavy atom. The number of anilines is 1. The summed E-state index contributed by atoms with van der Waals surface area (Å²) in [5.41, 5.74) is -0.234. The molecule has 0 heterocycles. The lowest BCUT2D eigenvalue weighted by molar-refractivity contribution is -0.385. The first-order valence-corrected chi connectivity index (χ1v) is 7.99. The molecule has 3 N–H and O–H groups in total. The lowest BCUT2D eigenvalue weighted by Crippen LogP contribution is -2.34. The van der Waals surface area contributed by atoms with E-state index < -0.39 is 16.8 Å². The molecule has 27 heavy (non-hydrogen) atoms. The van der Waals surface area contributed by atoms with Gasteiger partial charge in [-0.2, -0.15) is 0 Å². The molecule has 0 aromatic heterocycles. The molecule has 2 aromatic carbocycles. The van der Waals surface area contributed by atoms with Crippen molar-refractivity contribution in [3.05, 3.63) is 62.7 Å². The number of hydrogen-bond acceptors (Lipinski definition) is 6. The molecule has 0 aliphatic carbocycles. The molecule has 0 unspecified atom stereocenters. The van der Waals surface area contributed by atoms with Gasteiger partial charge in [0.05, 0.1) is 28.3 Å². The van der Waals surface area contributed by atoms with Crippen molar-refractivity contribution in [1.29, 1.82) is 0 Å². The van der Waals surface area contributed by atoms with Crippen molar-refractivity contribution in [2.75, 3.05) is 12.4 Å². The van der Waals surface area contributed by atoms with Gasteiger partial charge in [0.15, 0.2) is 10.9 Å². The van der Waals surface area contributed by atoms with Crippen molar-refractivity contribution in [1.82, 2.24) is 5.32 Å². The van der Waals surface area contributed by atoms with Crippen molar-refractivity contribution in [2.45, 2.75) is 0 Å². The summed E-state index contributed by atoms with van der Waals surface area (Å²) in [4.78, 5) is 33.6. The third-order valence-corrected chi connectivity index (χ3v) is 3.86. The molecule has 0 saturated carbocycles. The van der Waals surface area contributed by atoms with Gasteiger partial charge in [0, 0.05) is 11.6 Å². The number of hydrogen-bond donors (Lipinski definition) is 3. The second kappa shape index (κ2) is 8.43. The SMILES string of the molecule is COc1ccc(C(=O)NC(=S)Nc2cc(C(=O)O)ccc2Cl)cc1[N+](=O)[O-]. The van der Waals surface area contributed by atoms with Crippen LogP contribution in [0.3, 0.4) is 0 Å². The Balaban J connectivity index is 2.16. The predicted molar refractivity (Wildman–Crippen MR) is 102 cm³/mol. The van der Waals surface area contributed by atoms with Crippen LogP contribution in [0.4, 0.5) is 11.4 Å². The highest BCUT2D eigenvalue weighted by atomic mass is 35.5. The van der Waals surface area contributed by atoms with Gasteiger partial charge in [0.25, 0.3) is 5.91 Å². The van der Waals surface area contributed by atoms with Crippen LogP contribution in [-0.2, 0) is 0 Å². The third kappa shape index (κ3) is 4.90. The number of nitrogens with one attached hydrogen (secondary N) is 2. The summed E-state index contributed by atoms with van der Waals surface area (Å²) >= 11 is 11.0. The number of rotatable bonds is 5. The molecule has 140 valence electrons. The van der Waals surface area contributed by atoms with E-state index >= 15 is 0 Å². The van der Waals surface area contributed by atoms with E-state index in [2.05, 4.69) is 10.6 Å². The van der Waals surface area contributed by atoms with Crippen LogP contribution < -0.4 is 15.4 Å². The maximum absolute atomic E-state index is 12.3. The van der Waals surface area contributed by atoms with E-state index in [-0.39, 0.29) is 38.4 Å². The highest BCUT2D eigenvalue weighted by molar-refractivity contribution is 7.80. The minimum Gasteiger partial charge on any atom is -0.490 e. The number of thiocarbonyl (C=S) groups is 1. The Hall–Kier alpha value is -3.24. The van der Waals surface area contributed by atoms with Crippen LogP contribution in [0, 0.1) is 10.1 Å². The molecule has 0 aliphatic heterocycles. The number of benzene rings is 2. The lowest BCUT2D eigenvalue weighted by Gasteiger charge is -2.12. The number of nitro benzene ring substituents is 1. The zero-order chi connectivity index (χ0) is 20.1. The van der Waals surface area contributed by atoms with Crippen LogP contribution in [0.1, 0.15) is 20.7 Å². The molecule has 0 fully saturated rings. The maximum atomic E-state index is 12.3. The fourth-order valence-corrected chi connectivity index (χ4v) is 2.42. The molecular formula is C16H12ClN3O6S. The van der Waals surface area contributed by atoms with Crippen molar-refractivity contribution in [2.24, 2.45) is 0 Å². The number of halogens is 1. The Morgan fingerprint density at radius 2 is 1.89 bits per heavy atom. The standard InChI is InChI=1S/C16H12ClN3O6S/c1-26-13-5-3-8(7-12(13)20(24)25)14(21)19-16(27)18-11-6-9(15(22)23)2-4-10(11)17/h2-7H,1H3,(H,22,23)(H2,18,19,21,27). The molecule has 9 nitrogen and oxygen atoms in total. The maximum Gasteiger partial charge on any atom is 0.335 e. The molecule has 0 spiro atoms. The highest BCUT2D eigenvalue weighted by Crippen LogP contribution is 2.27. The predicted octanol–water partition coefficient (Wildman–Crippen LogP) is 3.08. The van der Waals surface area contributed by atoms with Crippen LogP contribution in [0.15, 0.2) is 36.4 Å². The molecular weight excluding hydrogens is 398 g/mol. The Labute approximate surface area is 163 Å². The molecule has 0 saturated heterocycles. The van der Waals surface area contributed by atoms with Gasteiger partial charge in [-0.15, -0.1) is 0 Å². The number of carbonyl (C=O) groups is 2. The van der Waals surface area contributed by atoms with Crippen molar-refractivity contribution < 1.29 is 24.4 Å². The number of carboxylic acids is 1. The fraction of sp³-hybridized carbons (Fsp3) is 0.0625. The number of carbonyl (C=O) groups excluding carboxylic acids is 1. The average molecular weight is 410 g/mol. The summed E-state index contributed by atoms with van der Waals surface area (Å²) in [7, 11) is 1.27. The monoisotopic (exact) mass is 409 g/mol. The Morgan fingerprint density at radius 1 is 1.22 bits per heavy atom. The van der Waals surface area contributed by atoms with Crippen molar-refractivity contribution in [3.63, 3.8) is 0 Å². The summed E-state index contributed by atoms with van der Waals surface area (Å²) in [6, 6.07) is 7.60. The van der Waals surface area contributed by atoms with Gasteiger partial charge in [-0.25, -0.2) is 4.79 Å². The van der Waals surface area contributed by atoms with Gasteiger partial charge in [-0.1, -0.05) is 11.6 Å². The molecule has 2 aromatic rings. The second-order valence-corrected chi connectivity index (χ2v) is 5.87. The summed E-state index contributed by atoms with van der Waals surface area (Å²) in [6.45, 7) is 0. The minimum absolute atomic E-state index is 0.00881. The van der Waals surface area contributed by atoms with E-state index in [9.17, 15) is 19.7 Å². The molecule has 0 radical (unpaired) electrons. The first-order chi connectivity index (χ1) is 12.7. The molecule has 0 bridgehead atoms. The van der Waals surface area contributed by atoms with E-state index in [1.165, 1.54) is 37.4 Å². The Kier molecular flexibility index (Phi) is 6.27. The second-order valence-electron chi connectivity index (χ2n) is 5.05. The normalized spacial score (nSPS) is 10.0. The van der Waals surface area contributed by atoms with Crippen LogP contribution in [-0.4, -0.2) is 34.1 Å². The number of methoxy groups -OCH3 is 1. The van der Waals surface area contributed by atoms with Gasteiger partial charge in [-0.05, 0) is 42.5 Å². The number of nitro groups is 1. The van der Waals surface area contributed by atoms with Gasteiger partial charge in [0.1, 0.15) is 0 Å². The topological polar surface area (TPSA) is 131 Å². The van der Waals surface area contributed by atoms with Gasteiger partial charge in [-0.3, -0.25) is 20.2 Å². The van der Waals surface area contributed by atoms with Gasteiger partial charge in [0.2, 0.25) is 0 Å². The van der Waals surface area contributed by atoms with E-state index in [0.717, 1.165) is 6.07 Å². The van der Waals surface area contributed by atoms with E-state index in [0.29, 0.717) is 0 Å². The molecule has 0 atom stereocenters. The average Bonchev–Trinajstić information content (AvgIpc) is 2.62. The minimum atomic E-state index is -1.16. The van der Waals surface area contributed by atoms with E-state index in [1.807, 2.05) is 0 Å². The molecule has 11 heteroatoms. The largest absolute Gasteiger partial charge is 0.490 e. The van der Waals surface area contributed by atoms with Crippen LogP contribution in [0.2, 0.25) is 5.02 Å². The summed E-state index contributed by atoms with van der Waals surface area (Å²) in [5, 5.41) is 25.0. The number of carboxylic acid groups (broad SMARTS) is 1. The smallest absolute Gasteiger partial charge is 0.335 e. The first kappa shape index (κ1) is 20.1. The zero-order valence-electron chi connectivity index (χ0n) is 13.7. The number of amides is 1. The molecule has 2 rings (SSSR count). The lowest BCUT2D eigenvalue weighted by atomic mass is 10.1. The highest BCUT2D eigenvalue weighted by Gasteiger charge is 2.19. The van der Waals surface area contributed by atoms with E-state index in [1.54, 1.807) is 0 Å². The van der Waals surface area contributed by atoms with Crippen LogP contribution >= 0.6 is 23.8 Å². The molecule has 1 amide bonds. The number of ether oxygens (including phenoxy) is 1. The van der Waals surface area contributed by atoms with Crippen LogP contribution in [0.25, 0.3) is 0 Å². The third-order valence-electron chi connectivity index (χ3n) is 3.33. The van der Waals surface area contributed by atoms with Gasteiger partial charge < -0.3 is 15.2 Å². The van der Waals surface area contributed by atoms with Gasteiger partial charge >= 0.3 is 11.7 Å². The Bertz CT molecular complexity index is 950. The van der Waals surface area contributed by atoms with Crippen LogP contribution in [0.5, 0.6) is 5.75 Å². The van der Waals surface area contributed by atoms with E-state index in [4.69, 9.17) is 33.7 Å². The number of aromatic carboxylic acids is 1. The molecule has 0 aliphatic rings. The first-order valence-electron chi connectivity index (χ1n) is 7.20. The summed E-state index contributed by atoms with van der Waals surface area (Å²) < 4.78 is 4.87. The quantitative estimate of drug-likeness (QED) is 0.390. The summed E-state index contributed by atoms with van der Waals surface area (Å²) in [6.07, 6.45) is 0. The van der Waals surface area contributed by atoms with Crippen molar-refractivity contribution >= 4 is 52.2 Å². The summed E-state index contributed by atoms with van der Waals surface area (Å²) in [5.74, 6) is -1.85.